The molecule has 0 saturated carbocycles. The molecule has 1 unspecified atom stereocenters. The van der Waals surface area contributed by atoms with Gasteiger partial charge in [-0.15, -0.1) is 0 Å². The van der Waals surface area contributed by atoms with Gasteiger partial charge in [0.2, 0.25) is 0 Å². The predicted octanol–water partition coefficient (Wildman–Crippen LogP) is 3.63. The number of hydrogen-bond donors (Lipinski definition) is 1. The van der Waals surface area contributed by atoms with E-state index in [9.17, 15) is 0 Å². The van der Waals surface area contributed by atoms with Gasteiger partial charge in [-0.1, -0.05) is 30.3 Å². The highest BCUT2D eigenvalue weighted by molar-refractivity contribution is 5.42. The minimum absolute atomic E-state index is 0.441. The molecule has 2 aromatic rings. The summed E-state index contributed by atoms with van der Waals surface area (Å²) in [7, 11) is 3.85. The quantitative estimate of drug-likeness (QED) is 0.840. The topological polar surface area (TPSA) is 24.5 Å². The molecule has 1 atom stereocenters. The van der Waals surface area contributed by atoms with Crippen LogP contribution in [0.4, 0.5) is 5.69 Å². The molecule has 0 aliphatic heterocycles. The molecular formula is C18H24N2O. The van der Waals surface area contributed by atoms with E-state index < -0.39 is 0 Å². The lowest BCUT2D eigenvalue weighted by Crippen LogP contribution is -2.34. The van der Waals surface area contributed by atoms with E-state index in [4.69, 9.17) is 4.74 Å². The van der Waals surface area contributed by atoms with Gasteiger partial charge in [0.05, 0.1) is 7.11 Å². The highest BCUT2D eigenvalue weighted by Gasteiger charge is 2.09. The zero-order valence-corrected chi connectivity index (χ0v) is 13.0. The Morgan fingerprint density at radius 1 is 1.10 bits per heavy atom. The first kappa shape index (κ1) is 15.4. The van der Waals surface area contributed by atoms with Crippen molar-refractivity contribution in [3.8, 4) is 5.75 Å². The number of hydrogen-bond acceptors (Lipinski definition) is 3. The van der Waals surface area contributed by atoms with E-state index in [2.05, 4.69) is 48.5 Å². The molecule has 0 fully saturated rings. The van der Waals surface area contributed by atoms with Crippen LogP contribution >= 0.6 is 0 Å². The molecule has 2 rings (SSSR count). The third-order valence-corrected chi connectivity index (χ3v) is 3.69. The van der Waals surface area contributed by atoms with Crippen LogP contribution in [0.3, 0.4) is 0 Å². The number of para-hydroxylation sites is 1. The molecule has 3 nitrogen and oxygen atoms in total. The number of benzene rings is 2. The van der Waals surface area contributed by atoms with Gasteiger partial charge in [-0.2, -0.15) is 0 Å². The molecule has 0 saturated heterocycles. The molecule has 0 aromatic heterocycles. The summed E-state index contributed by atoms with van der Waals surface area (Å²) in [6, 6.07) is 19.0. The summed E-state index contributed by atoms with van der Waals surface area (Å²) in [4.78, 5) is 2.34. The molecule has 1 N–H and O–H groups in total. The third-order valence-electron chi connectivity index (χ3n) is 3.69. The van der Waals surface area contributed by atoms with Gasteiger partial charge in [-0.25, -0.2) is 0 Å². The third kappa shape index (κ3) is 4.80. The van der Waals surface area contributed by atoms with E-state index in [1.54, 1.807) is 7.11 Å². The molecule has 112 valence electrons. The summed E-state index contributed by atoms with van der Waals surface area (Å²) >= 11 is 0. The Balaban J connectivity index is 1.85. The molecule has 0 bridgehead atoms. The first-order chi connectivity index (χ1) is 10.2. The van der Waals surface area contributed by atoms with E-state index in [1.165, 1.54) is 11.3 Å². The Kier molecular flexibility index (Phi) is 5.64. The summed E-state index contributed by atoms with van der Waals surface area (Å²) in [6.07, 6.45) is 0. The normalized spacial score (nSPS) is 12.2. The summed E-state index contributed by atoms with van der Waals surface area (Å²) in [5.74, 6) is 0.913. The van der Waals surface area contributed by atoms with E-state index in [-0.39, 0.29) is 0 Å². The zero-order chi connectivity index (χ0) is 15.1. The molecule has 0 heterocycles. The van der Waals surface area contributed by atoms with E-state index >= 15 is 0 Å². The Morgan fingerprint density at radius 2 is 1.86 bits per heavy atom. The molecule has 0 aliphatic carbocycles. The van der Waals surface area contributed by atoms with Gasteiger partial charge in [-0.3, -0.25) is 4.90 Å². The van der Waals surface area contributed by atoms with Crippen molar-refractivity contribution in [2.45, 2.75) is 19.5 Å². The van der Waals surface area contributed by atoms with Crippen LogP contribution in [-0.2, 0) is 6.54 Å². The standard InChI is InChI=1S/C18H24N2O/c1-15(13-19-17-9-5-4-6-10-17)20(2)14-16-8-7-11-18(12-16)21-3/h4-12,15,19H,13-14H2,1-3H3. The number of nitrogens with zero attached hydrogens (tertiary/aromatic N) is 1. The van der Waals surface area contributed by atoms with Crippen molar-refractivity contribution in [2.75, 3.05) is 26.0 Å². The van der Waals surface area contributed by atoms with Crippen molar-refractivity contribution in [2.24, 2.45) is 0 Å². The highest BCUT2D eigenvalue weighted by atomic mass is 16.5. The molecule has 0 aliphatic rings. The predicted molar refractivity (Wildman–Crippen MR) is 88.9 cm³/mol. The minimum atomic E-state index is 0.441. The second kappa shape index (κ2) is 7.70. The lowest BCUT2D eigenvalue weighted by Gasteiger charge is -2.25. The molecule has 0 amide bonds. The fraction of sp³-hybridized carbons (Fsp3) is 0.333. The van der Waals surface area contributed by atoms with Crippen LogP contribution in [-0.4, -0.2) is 31.6 Å². The Labute approximate surface area is 127 Å². The van der Waals surface area contributed by atoms with E-state index in [0.29, 0.717) is 6.04 Å². The monoisotopic (exact) mass is 284 g/mol. The number of likely N-dealkylation sites (N-methyl/N-ethyl adjacent to an activating group) is 1. The lowest BCUT2D eigenvalue weighted by atomic mass is 10.2. The highest BCUT2D eigenvalue weighted by Crippen LogP contribution is 2.15. The minimum Gasteiger partial charge on any atom is -0.497 e. The summed E-state index contributed by atoms with van der Waals surface area (Å²) < 4.78 is 5.27. The zero-order valence-electron chi connectivity index (χ0n) is 13.0. The number of ether oxygens (including phenoxy) is 1. The van der Waals surface area contributed by atoms with Crippen molar-refractivity contribution in [3.05, 3.63) is 60.2 Å². The summed E-state index contributed by atoms with van der Waals surface area (Å²) in [5, 5.41) is 3.47. The number of methoxy groups -OCH3 is 1. The van der Waals surface area contributed by atoms with Gasteiger partial charge in [0.15, 0.2) is 0 Å². The van der Waals surface area contributed by atoms with Crippen LogP contribution in [0.15, 0.2) is 54.6 Å². The maximum atomic E-state index is 5.27. The van der Waals surface area contributed by atoms with Crippen LogP contribution in [0.5, 0.6) is 5.75 Å². The second-order valence-corrected chi connectivity index (χ2v) is 5.36. The van der Waals surface area contributed by atoms with Crippen molar-refractivity contribution >= 4 is 5.69 Å². The number of nitrogens with one attached hydrogen (secondary N) is 1. The average Bonchev–Trinajstić information content (AvgIpc) is 2.53. The second-order valence-electron chi connectivity index (χ2n) is 5.36. The van der Waals surface area contributed by atoms with Crippen molar-refractivity contribution in [3.63, 3.8) is 0 Å². The SMILES string of the molecule is COc1cccc(CN(C)C(C)CNc2ccccc2)c1. The van der Waals surface area contributed by atoms with Gasteiger partial charge in [0.1, 0.15) is 5.75 Å². The van der Waals surface area contributed by atoms with Crippen molar-refractivity contribution in [1.29, 1.82) is 0 Å². The fourth-order valence-corrected chi connectivity index (χ4v) is 2.19. The van der Waals surface area contributed by atoms with Gasteiger partial charge in [0.25, 0.3) is 0 Å². The first-order valence-electron chi connectivity index (χ1n) is 7.31. The maximum absolute atomic E-state index is 5.27. The van der Waals surface area contributed by atoms with Crippen LogP contribution in [0.1, 0.15) is 12.5 Å². The van der Waals surface area contributed by atoms with E-state index in [1.807, 2.05) is 30.3 Å². The van der Waals surface area contributed by atoms with Gasteiger partial charge in [-0.05, 0) is 43.8 Å². The van der Waals surface area contributed by atoms with Gasteiger partial charge in [0, 0.05) is 24.8 Å². The summed E-state index contributed by atoms with van der Waals surface area (Å²) in [6.45, 7) is 4.06. The maximum Gasteiger partial charge on any atom is 0.119 e. The molecular weight excluding hydrogens is 260 g/mol. The van der Waals surface area contributed by atoms with Crippen LogP contribution in [0.2, 0.25) is 0 Å². The van der Waals surface area contributed by atoms with Crippen molar-refractivity contribution < 1.29 is 4.74 Å². The Bertz CT molecular complexity index is 542. The lowest BCUT2D eigenvalue weighted by molar-refractivity contribution is 0.258. The summed E-state index contributed by atoms with van der Waals surface area (Å²) in [5.41, 5.74) is 2.43. The van der Waals surface area contributed by atoms with E-state index in [0.717, 1.165) is 18.8 Å². The molecule has 0 radical (unpaired) electrons. The Hall–Kier alpha value is -2.00. The van der Waals surface area contributed by atoms with Crippen molar-refractivity contribution in [1.82, 2.24) is 4.90 Å². The van der Waals surface area contributed by atoms with Crippen LogP contribution in [0, 0.1) is 0 Å². The molecule has 2 aromatic carbocycles. The molecule has 3 heteroatoms. The fourth-order valence-electron chi connectivity index (χ4n) is 2.19. The van der Waals surface area contributed by atoms with Crippen LogP contribution in [0.25, 0.3) is 0 Å². The first-order valence-corrected chi connectivity index (χ1v) is 7.31. The number of anilines is 1. The molecule has 21 heavy (non-hydrogen) atoms. The Morgan fingerprint density at radius 3 is 2.57 bits per heavy atom. The van der Waals surface area contributed by atoms with Crippen LogP contribution < -0.4 is 10.1 Å². The average molecular weight is 284 g/mol. The molecule has 0 spiro atoms. The van der Waals surface area contributed by atoms with Gasteiger partial charge < -0.3 is 10.1 Å². The smallest absolute Gasteiger partial charge is 0.119 e. The largest absolute Gasteiger partial charge is 0.497 e. The number of rotatable bonds is 7. The van der Waals surface area contributed by atoms with Gasteiger partial charge >= 0.3 is 0 Å².